The van der Waals surface area contributed by atoms with Gasteiger partial charge in [-0.25, -0.2) is 0 Å². The summed E-state index contributed by atoms with van der Waals surface area (Å²) >= 11 is 12.2. The summed E-state index contributed by atoms with van der Waals surface area (Å²) in [6.07, 6.45) is 7.12. The van der Waals surface area contributed by atoms with E-state index in [4.69, 9.17) is 23.2 Å². The Labute approximate surface area is 165 Å². The molecule has 1 aliphatic heterocycles. The van der Waals surface area contributed by atoms with Gasteiger partial charge in [0.25, 0.3) is 0 Å². The zero-order valence-electron chi connectivity index (χ0n) is 15.3. The predicted octanol–water partition coefficient (Wildman–Crippen LogP) is 3.72. The highest BCUT2D eigenvalue weighted by Crippen LogP contribution is 2.26. The number of rotatable bonds is 5. The molecular formula is C19H25Cl2N5. The molecule has 1 aromatic heterocycles. The van der Waals surface area contributed by atoms with Crippen LogP contribution < -0.4 is 5.32 Å². The van der Waals surface area contributed by atoms with E-state index in [1.165, 1.54) is 5.56 Å². The second-order valence-electron chi connectivity index (χ2n) is 6.69. The van der Waals surface area contributed by atoms with Crippen LogP contribution in [0.4, 0.5) is 0 Å². The number of guanidine groups is 1. The van der Waals surface area contributed by atoms with Crippen molar-refractivity contribution in [3.8, 4) is 0 Å². The van der Waals surface area contributed by atoms with Crippen molar-refractivity contribution in [3.63, 3.8) is 0 Å². The zero-order chi connectivity index (χ0) is 18.5. The summed E-state index contributed by atoms with van der Waals surface area (Å²) in [6.45, 7) is 2.86. The molecule has 1 N–H and O–H groups in total. The Balaban J connectivity index is 1.46. The van der Waals surface area contributed by atoms with Gasteiger partial charge < -0.3 is 10.2 Å². The second kappa shape index (κ2) is 8.78. The highest BCUT2D eigenvalue weighted by molar-refractivity contribution is 6.35. The molecular weight excluding hydrogens is 369 g/mol. The molecule has 0 amide bonds. The van der Waals surface area contributed by atoms with E-state index in [9.17, 15) is 0 Å². The number of hydrogen-bond donors (Lipinski definition) is 1. The van der Waals surface area contributed by atoms with E-state index in [2.05, 4.69) is 26.5 Å². The van der Waals surface area contributed by atoms with Crippen LogP contribution in [-0.4, -0.2) is 47.3 Å². The molecule has 2 heterocycles. The van der Waals surface area contributed by atoms with Gasteiger partial charge in [0.05, 0.1) is 6.20 Å². The van der Waals surface area contributed by atoms with Gasteiger partial charge in [0, 0.05) is 55.9 Å². The topological polar surface area (TPSA) is 45.5 Å². The minimum Gasteiger partial charge on any atom is -0.356 e. The van der Waals surface area contributed by atoms with Crippen LogP contribution in [0.5, 0.6) is 0 Å². The average molecular weight is 394 g/mol. The average Bonchev–Trinajstić information content (AvgIpc) is 3.25. The van der Waals surface area contributed by atoms with Crippen LogP contribution in [0, 0.1) is 0 Å². The van der Waals surface area contributed by atoms with E-state index < -0.39 is 0 Å². The third kappa shape index (κ3) is 4.71. The lowest BCUT2D eigenvalue weighted by molar-refractivity contribution is 0.485. The molecule has 5 nitrogen and oxygen atoms in total. The van der Waals surface area contributed by atoms with E-state index in [-0.39, 0.29) is 0 Å². The number of aromatic nitrogens is 2. The van der Waals surface area contributed by atoms with Gasteiger partial charge in [-0.15, -0.1) is 0 Å². The van der Waals surface area contributed by atoms with Crippen molar-refractivity contribution in [3.05, 3.63) is 51.8 Å². The van der Waals surface area contributed by atoms with Crippen molar-refractivity contribution in [2.75, 3.05) is 26.7 Å². The van der Waals surface area contributed by atoms with E-state index in [0.29, 0.717) is 10.9 Å². The molecule has 1 saturated heterocycles. The van der Waals surface area contributed by atoms with E-state index in [1.807, 2.05) is 37.1 Å². The SMILES string of the molecule is CN=C(NCCCc1ccc(Cl)cc1Cl)N1CCC(c2cnn(C)c2)C1. The minimum atomic E-state index is 0.523. The van der Waals surface area contributed by atoms with Gasteiger partial charge in [-0.3, -0.25) is 9.67 Å². The molecule has 1 aliphatic rings. The number of halogens is 2. The van der Waals surface area contributed by atoms with E-state index in [0.717, 1.165) is 55.4 Å². The molecule has 1 aromatic carbocycles. The molecule has 7 heteroatoms. The van der Waals surface area contributed by atoms with Crippen LogP contribution in [-0.2, 0) is 13.5 Å². The second-order valence-corrected chi connectivity index (χ2v) is 7.54. The maximum absolute atomic E-state index is 6.23. The van der Waals surface area contributed by atoms with Crippen LogP contribution in [0.3, 0.4) is 0 Å². The van der Waals surface area contributed by atoms with Crippen LogP contribution in [0.15, 0.2) is 35.6 Å². The molecule has 0 saturated carbocycles. The number of aryl methyl sites for hydroxylation is 2. The Morgan fingerprint density at radius 3 is 2.92 bits per heavy atom. The summed E-state index contributed by atoms with van der Waals surface area (Å²) in [5.74, 6) is 1.49. The van der Waals surface area contributed by atoms with Crippen molar-refractivity contribution >= 4 is 29.2 Å². The first-order chi connectivity index (χ1) is 12.6. The minimum absolute atomic E-state index is 0.523. The first-order valence-electron chi connectivity index (χ1n) is 8.95. The van der Waals surface area contributed by atoms with Crippen molar-refractivity contribution in [1.82, 2.24) is 20.0 Å². The third-order valence-electron chi connectivity index (χ3n) is 4.82. The largest absolute Gasteiger partial charge is 0.356 e. The molecule has 0 radical (unpaired) electrons. The summed E-state index contributed by atoms with van der Waals surface area (Å²) in [6, 6.07) is 5.68. The van der Waals surface area contributed by atoms with Gasteiger partial charge in [-0.2, -0.15) is 5.10 Å². The summed E-state index contributed by atoms with van der Waals surface area (Å²) < 4.78 is 1.87. The maximum atomic E-state index is 6.23. The highest BCUT2D eigenvalue weighted by atomic mass is 35.5. The Morgan fingerprint density at radius 1 is 1.38 bits per heavy atom. The molecule has 0 bridgehead atoms. The third-order valence-corrected chi connectivity index (χ3v) is 5.40. The Morgan fingerprint density at radius 2 is 2.23 bits per heavy atom. The molecule has 1 fully saturated rings. The lowest BCUT2D eigenvalue weighted by Crippen LogP contribution is -2.40. The standard InChI is InChI=1S/C19H25Cl2N5/c1-22-19(23-8-3-4-14-5-6-17(20)10-18(14)21)26-9-7-15(13-26)16-11-24-25(2)12-16/h5-6,10-12,15H,3-4,7-9,13H2,1-2H3,(H,22,23). The Kier molecular flexibility index (Phi) is 6.43. The van der Waals surface area contributed by atoms with Crippen molar-refractivity contribution < 1.29 is 0 Å². The highest BCUT2D eigenvalue weighted by Gasteiger charge is 2.26. The summed E-state index contributed by atoms with van der Waals surface area (Å²) in [5.41, 5.74) is 2.44. The molecule has 140 valence electrons. The molecule has 1 unspecified atom stereocenters. The van der Waals surface area contributed by atoms with Gasteiger partial charge in [-0.05, 0) is 42.5 Å². The molecule has 2 aromatic rings. The first kappa shape index (κ1) is 19.1. The van der Waals surface area contributed by atoms with E-state index in [1.54, 1.807) is 6.07 Å². The van der Waals surface area contributed by atoms with Crippen molar-refractivity contribution in [2.45, 2.75) is 25.2 Å². The van der Waals surface area contributed by atoms with Gasteiger partial charge in [0.2, 0.25) is 0 Å². The quantitative estimate of drug-likeness (QED) is 0.478. The smallest absolute Gasteiger partial charge is 0.193 e. The Hall–Kier alpha value is -1.72. The monoisotopic (exact) mass is 393 g/mol. The normalized spacial score (nSPS) is 17.8. The molecule has 1 atom stereocenters. The molecule has 0 spiro atoms. The van der Waals surface area contributed by atoms with Crippen LogP contribution in [0.25, 0.3) is 0 Å². The molecule has 0 aliphatic carbocycles. The number of hydrogen-bond acceptors (Lipinski definition) is 2. The van der Waals surface area contributed by atoms with Crippen LogP contribution in [0.2, 0.25) is 10.0 Å². The summed E-state index contributed by atoms with van der Waals surface area (Å²) in [7, 11) is 3.81. The first-order valence-corrected chi connectivity index (χ1v) is 9.70. The van der Waals surface area contributed by atoms with Crippen LogP contribution >= 0.6 is 23.2 Å². The summed E-state index contributed by atoms with van der Waals surface area (Å²) in [4.78, 5) is 6.77. The number of nitrogens with one attached hydrogen (secondary N) is 1. The Bertz CT molecular complexity index is 771. The predicted molar refractivity (Wildman–Crippen MR) is 108 cm³/mol. The summed E-state index contributed by atoms with van der Waals surface area (Å²) in [5, 5.41) is 9.17. The number of likely N-dealkylation sites (tertiary alicyclic amines) is 1. The number of benzene rings is 1. The zero-order valence-corrected chi connectivity index (χ0v) is 16.8. The lowest BCUT2D eigenvalue weighted by Gasteiger charge is -2.21. The van der Waals surface area contributed by atoms with Crippen molar-refractivity contribution in [2.24, 2.45) is 12.0 Å². The number of aliphatic imine (C=N–C) groups is 1. The van der Waals surface area contributed by atoms with Gasteiger partial charge >= 0.3 is 0 Å². The molecule has 3 rings (SSSR count). The van der Waals surface area contributed by atoms with E-state index >= 15 is 0 Å². The number of nitrogens with zero attached hydrogens (tertiary/aromatic N) is 4. The fourth-order valence-corrected chi connectivity index (χ4v) is 3.91. The lowest BCUT2D eigenvalue weighted by atomic mass is 10.0. The maximum Gasteiger partial charge on any atom is 0.193 e. The van der Waals surface area contributed by atoms with Gasteiger partial charge in [0.1, 0.15) is 0 Å². The van der Waals surface area contributed by atoms with Gasteiger partial charge in [-0.1, -0.05) is 29.3 Å². The fraction of sp³-hybridized carbons (Fsp3) is 0.474. The molecule has 26 heavy (non-hydrogen) atoms. The van der Waals surface area contributed by atoms with Gasteiger partial charge in [0.15, 0.2) is 5.96 Å². The van der Waals surface area contributed by atoms with Crippen molar-refractivity contribution in [1.29, 1.82) is 0 Å². The van der Waals surface area contributed by atoms with Crippen LogP contribution in [0.1, 0.15) is 29.9 Å². The fourth-order valence-electron chi connectivity index (χ4n) is 3.41.